The lowest BCUT2D eigenvalue weighted by Gasteiger charge is -2.23. The van der Waals surface area contributed by atoms with Gasteiger partial charge in [0.25, 0.3) is 0 Å². The predicted octanol–water partition coefficient (Wildman–Crippen LogP) is 8.15. The summed E-state index contributed by atoms with van der Waals surface area (Å²) in [6, 6.07) is 8.53. The molecule has 1 aliphatic heterocycles. The van der Waals surface area contributed by atoms with Gasteiger partial charge in [0.2, 0.25) is 0 Å². The zero-order valence-electron chi connectivity index (χ0n) is 20.8. The van der Waals surface area contributed by atoms with E-state index in [0.29, 0.717) is 12.0 Å². The van der Waals surface area contributed by atoms with Crippen LogP contribution in [0.15, 0.2) is 34.1 Å². The van der Waals surface area contributed by atoms with Gasteiger partial charge in [0.15, 0.2) is 0 Å². The monoisotopic (exact) mass is 543 g/mol. The highest BCUT2D eigenvalue weighted by molar-refractivity contribution is 9.10. The summed E-state index contributed by atoms with van der Waals surface area (Å²) in [5, 5.41) is 2.11. The van der Waals surface area contributed by atoms with Gasteiger partial charge < -0.3 is 14.0 Å². The number of benzene rings is 1. The van der Waals surface area contributed by atoms with Crippen LogP contribution in [0.5, 0.6) is 5.75 Å². The highest BCUT2D eigenvalue weighted by Crippen LogP contribution is 2.47. The molecule has 0 bridgehead atoms. The van der Waals surface area contributed by atoms with E-state index in [-0.39, 0.29) is 5.97 Å². The Bertz CT molecular complexity index is 1170. The van der Waals surface area contributed by atoms with Crippen molar-refractivity contribution in [3.63, 3.8) is 0 Å². The molecule has 0 fully saturated rings. The first-order chi connectivity index (χ1) is 16.2. The number of thiophene rings is 1. The SMILES string of the molecule is CCOC(=O)c1c(CCCCC(C)(C)C)c(-c2cccs2)c2n1CCc1cc(OC)c(Br)cc1-2. The van der Waals surface area contributed by atoms with Crippen LogP contribution >= 0.6 is 27.3 Å². The summed E-state index contributed by atoms with van der Waals surface area (Å²) >= 11 is 5.42. The van der Waals surface area contributed by atoms with Crippen molar-refractivity contribution in [3.8, 4) is 27.4 Å². The van der Waals surface area contributed by atoms with Crippen LogP contribution in [0.2, 0.25) is 0 Å². The van der Waals surface area contributed by atoms with E-state index >= 15 is 0 Å². The molecule has 3 aromatic rings. The minimum Gasteiger partial charge on any atom is -0.496 e. The summed E-state index contributed by atoms with van der Waals surface area (Å²) in [6.45, 7) is 9.86. The number of hydrogen-bond donors (Lipinski definition) is 0. The molecule has 0 N–H and O–H groups in total. The third kappa shape index (κ3) is 4.99. The van der Waals surface area contributed by atoms with E-state index in [1.165, 1.54) is 22.4 Å². The molecule has 4 rings (SSSR count). The summed E-state index contributed by atoms with van der Waals surface area (Å²) in [6.07, 6.45) is 5.06. The normalized spacial score (nSPS) is 12.9. The van der Waals surface area contributed by atoms with Crippen LogP contribution in [0, 0.1) is 5.41 Å². The number of halogens is 1. The topological polar surface area (TPSA) is 40.5 Å². The summed E-state index contributed by atoms with van der Waals surface area (Å²) in [5.74, 6) is 0.623. The number of rotatable bonds is 8. The molecule has 3 heterocycles. The molecule has 0 unspecified atom stereocenters. The Morgan fingerprint density at radius 1 is 1.24 bits per heavy atom. The molecule has 0 saturated heterocycles. The van der Waals surface area contributed by atoms with Crippen molar-refractivity contribution in [2.75, 3.05) is 13.7 Å². The van der Waals surface area contributed by atoms with E-state index in [4.69, 9.17) is 9.47 Å². The van der Waals surface area contributed by atoms with Gasteiger partial charge in [-0.2, -0.15) is 0 Å². The minimum absolute atomic E-state index is 0.214. The number of unbranched alkanes of at least 4 members (excludes halogenated alkanes) is 1. The minimum atomic E-state index is -0.214. The number of aryl methyl sites for hydroxylation is 1. The van der Waals surface area contributed by atoms with Crippen molar-refractivity contribution in [2.45, 2.75) is 66.3 Å². The lowest BCUT2D eigenvalue weighted by atomic mass is 9.88. The number of esters is 1. The van der Waals surface area contributed by atoms with Crippen LogP contribution < -0.4 is 4.74 Å². The second-order valence-electron chi connectivity index (χ2n) is 10.1. The molecular weight excluding hydrogens is 510 g/mol. The Labute approximate surface area is 215 Å². The Morgan fingerprint density at radius 3 is 2.68 bits per heavy atom. The molecule has 1 aliphatic rings. The Balaban J connectivity index is 1.90. The van der Waals surface area contributed by atoms with Gasteiger partial charge >= 0.3 is 5.97 Å². The number of aromatic nitrogens is 1. The fourth-order valence-corrected chi connectivity index (χ4v) is 6.21. The van der Waals surface area contributed by atoms with Crippen LogP contribution in [-0.4, -0.2) is 24.3 Å². The van der Waals surface area contributed by atoms with E-state index in [0.717, 1.165) is 65.0 Å². The van der Waals surface area contributed by atoms with Gasteiger partial charge in [-0.25, -0.2) is 4.79 Å². The van der Waals surface area contributed by atoms with E-state index in [2.05, 4.69) is 70.9 Å². The van der Waals surface area contributed by atoms with Gasteiger partial charge in [-0.15, -0.1) is 11.3 Å². The predicted molar refractivity (Wildman–Crippen MR) is 144 cm³/mol. The van der Waals surface area contributed by atoms with Gasteiger partial charge in [-0.1, -0.05) is 33.3 Å². The molecule has 0 radical (unpaired) electrons. The first-order valence-corrected chi connectivity index (χ1v) is 13.8. The highest BCUT2D eigenvalue weighted by Gasteiger charge is 2.33. The number of hydrogen-bond acceptors (Lipinski definition) is 4. The zero-order valence-corrected chi connectivity index (χ0v) is 23.2. The molecule has 4 nitrogen and oxygen atoms in total. The fourth-order valence-electron chi connectivity index (χ4n) is 4.91. The molecule has 1 aromatic carbocycles. The molecule has 0 saturated carbocycles. The van der Waals surface area contributed by atoms with Crippen LogP contribution in [0.4, 0.5) is 0 Å². The maximum Gasteiger partial charge on any atom is 0.355 e. The fraction of sp³-hybridized carbons (Fsp3) is 0.464. The van der Waals surface area contributed by atoms with Gasteiger partial charge in [0.05, 0.1) is 23.9 Å². The lowest BCUT2D eigenvalue weighted by molar-refractivity contribution is 0.0512. The molecular formula is C28H34BrNO3S. The van der Waals surface area contributed by atoms with Gasteiger partial charge in [-0.3, -0.25) is 0 Å². The standard InChI is InChI=1S/C28H34BrNO3S/c1-6-33-27(31)26-19(10-7-8-13-28(2,3)4)24(23-11-9-15-34-23)25-20-17-21(29)22(32-5)16-18(20)12-14-30(25)26/h9,11,15-17H,6-8,10,12-14H2,1-5H3. The van der Waals surface area contributed by atoms with Crippen LogP contribution in [0.3, 0.4) is 0 Å². The average molecular weight is 545 g/mol. The molecule has 6 heteroatoms. The Morgan fingerprint density at radius 2 is 2.03 bits per heavy atom. The molecule has 34 heavy (non-hydrogen) atoms. The third-order valence-corrected chi connectivity index (χ3v) is 7.95. The quantitative estimate of drug-likeness (QED) is 0.212. The van der Waals surface area contributed by atoms with Crippen molar-refractivity contribution in [1.29, 1.82) is 0 Å². The maximum absolute atomic E-state index is 13.3. The number of methoxy groups -OCH3 is 1. The highest BCUT2D eigenvalue weighted by atomic mass is 79.9. The van der Waals surface area contributed by atoms with Crippen molar-refractivity contribution in [3.05, 3.63) is 50.9 Å². The Hall–Kier alpha value is -2.05. The number of carbonyl (C=O) groups is 1. The van der Waals surface area contributed by atoms with Crippen molar-refractivity contribution in [2.24, 2.45) is 5.41 Å². The number of nitrogens with zero attached hydrogens (tertiary/aromatic N) is 1. The van der Waals surface area contributed by atoms with Gasteiger partial charge in [0.1, 0.15) is 11.4 Å². The maximum atomic E-state index is 13.3. The third-order valence-electron chi connectivity index (χ3n) is 6.44. The lowest BCUT2D eigenvalue weighted by Crippen LogP contribution is -2.18. The van der Waals surface area contributed by atoms with E-state index in [1.807, 2.05) is 6.92 Å². The van der Waals surface area contributed by atoms with Crippen molar-refractivity contribution in [1.82, 2.24) is 4.57 Å². The van der Waals surface area contributed by atoms with Crippen LogP contribution in [0.25, 0.3) is 21.7 Å². The Kier molecular flexibility index (Phi) is 7.58. The van der Waals surface area contributed by atoms with Crippen LogP contribution in [-0.2, 0) is 24.1 Å². The summed E-state index contributed by atoms with van der Waals surface area (Å²) in [5.41, 5.74) is 6.89. The molecule has 2 aromatic heterocycles. The molecule has 182 valence electrons. The molecule has 0 amide bonds. The second-order valence-corrected chi connectivity index (χ2v) is 11.9. The van der Waals surface area contributed by atoms with Gasteiger partial charge in [-0.05, 0) is 88.7 Å². The smallest absolute Gasteiger partial charge is 0.355 e. The zero-order chi connectivity index (χ0) is 24.5. The largest absolute Gasteiger partial charge is 0.496 e. The molecule has 0 spiro atoms. The number of carbonyl (C=O) groups excluding carboxylic acids is 1. The van der Waals surface area contributed by atoms with E-state index < -0.39 is 0 Å². The second kappa shape index (κ2) is 10.3. The first-order valence-electron chi connectivity index (χ1n) is 12.1. The average Bonchev–Trinajstić information content (AvgIpc) is 3.41. The van der Waals surface area contributed by atoms with E-state index in [1.54, 1.807) is 18.4 Å². The van der Waals surface area contributed by atoms with Gasteiger partial charge in [0, 0.05) is 22.5 Å². The summed E-state index contributed by atoms with van der Waals surface area (Å²) in [4.78, 5) is 14.5. The van der Waals surface area contributed by atoms with Crippen molar-refractivity contribution < 1.29 is 14.3 Å². The first kappa shape index (κ1) is 25.1. The number of ether oxygens (including phenoxy) is 2. The summed E-state index contributed by atoms with van der Waals surface area (Å²) in [7, 11) is 1.70. The van der Waals surface area contributed by atoms with Crippen LogP contribution in [0.1, 0.15) is 68.6 Å². The van der Waals surface area contributed by atoms with Crippen molar-refractivity contribution >= 4 is 33.2 Å². The molecule has 0 aliphatic carbocycles. The number of fused-ring (bicyclic) bond motifs is 3. The van der Waals surface area contributed by atoms with E-state index in [9.17, 15) is 4.79 Å². The molecule has 0 atom stereocenters. The summed E-state index contributed by atoms with van der Waals surface area (Å²) < 4.78 is 14.3.